The predicted octanol–water partition coefficient (Wildman–Crippen LogP) is 2.79. The predicted molar refractivity (Wildman–Crippen MR) is 76.3 cm³/mol. The molecule has 0 saturated carbocycles. The Morgan fingerprint density at radius 3 is 2.78 bits per heavy atom. The molecule has 1 fully saturated rings. The Labute approximate surface area is 112 Å². The van der Waals surface area contributed by atoms with E-state index in [1.807, 2.05) is 0 Å². The zero-order valence-electron chi connectivity index (χ0n) is 12.2. The zero-order valence-corrected chi connectivity index (χ0v) is 12.2. The van der Waals surface area contributed by atoms with Crippen LogP contribution >= 0.6 is 0 Å². The molecule has 0 radical (unpaired) electrons. The zero-order chi connectivity index (χ0) is 13.4. The van der Waals surface area contributed by atoms with Crippen molar-refractivity contribution in [2.24, 2.45) is 17.6 Å². The standard InChI is InChI=1S/C15H30N2O/c1-3-13(9-10-16)7-8-15(18)17-11-5-6-14(4-2)12-17/h13-14H,3-12,16H2,1-2H3. The van der Waals surface area contributed by atoms with Crippen LogP contribution in [0.1, 0.15) is 58.8 Å². The van der Waals surface area contributed by atoms with Crippen LogP contribution in [0, 0.1) is 11.8 Å². The van der Waals surface area contributed by atoms with Crippen LogP contribution in [0.25, 0.3) is 0 Å². The fraction of sp³-hybridized carbons (Fsp3) is 0.933. The fourth-order valence-electron chi connectivity index (χ4n) is 2.90. The van der Waals surface area contributed by atoms with Gasteiger partial charge in [0, 0.05) is 19.5 Å². The van der Waals surface area contributed by atoms with E-state index >= 15 is 0 Å². The van der Waals surface area contributed by atoms with Crippen LogP contribution in [0.15, 0.2) is 0 Å². The van der Waals surface area contributed by atoms with Crippen LogP contribution in [0.2, 0.25) is 0 Å². The topological polar surface area (TPSA) is 46.3 Å². The van der Waals surface area contributed by atoms with Gasteiger partial charge in [-0.1, -0.05) is 26.7 Å². The quantitative estimate of drug-likeness (QED) is 0.759. The number of amides is 1. The number of piperidine rings is 1. The van der Waals surface area contributed by atoms with Gasteiger partial charge in [-0.05, 0) is 44.1 Å². The highest BCUT2D eigenvalue weighted by Crippen LogP contribution is 2.21. The van der Waals surface area contributed by atoms with E-state index < -0.39 is 0 Å². The Bertz CT molecular complexity index is 243. The first-order valence-corrected chi connectivity index (χ1v) is 7.69. The lowest BCUT2D eigenvalue weighted by Crippen LogP contribution is -2.39. The van der Waals surface area contributed by atoms with Gasteiger partial charge in [-0.25, -0.2) is 0 Å². The van der Waals surface area contributed by atoms with Crippen molar-refractivity contribution in [2.45, 2.75) is 58.8 Å². The Balaban J connectivity index is 2.31. The van der Waals surface area contributed by atoms with E-state index in [4.69, 9.17) is 5.73 Å². The molecule has 2 unspecified atom stereocenters. The second kappa shape index (κ2) is 8.52. The molecule has 1 rings (SSSR count). The van der Waals surface area contributed by atoms with Crippen LogP contribution < -0.4 is 5.73 Å². The van der Waals surface area contributed by atoms with Crippen LogP contribution in [0.5, 0.6) is 0 Å². The van der Waals surface area contributed by atoms with E-state index in [0.717, 1.165) is 51.2 Å². The lowest BCUT2D eigenvalue weighted by molar-refractivity contribution is -0.133. The van der Waals surface area contributed by atoms with Gasteiger partial charge in [-0.15, -0.1) is 0 Å². The SMILES string of the molecule is CCC(CCN)CCC(=O)N1CCCC(CC)C1. The van der Waals surface area contributed by atoms with Crippen molar-refractivity contribution >= 4 is 5.91 Å². The van der Waals surface area contributed by atoms with E-state index in [1.165, 1.54) is 19.3 Å². The summed E-state index contributed by atoms with van der Waals surface area (Å²) in [5, 5.41) is 0. The first kappa shape index (κ1) is 15.5. The van der Waals surface area contributed by atoms with Crippen molar-refractivity contribution in [1.82, 2.24) is 4.90 Å². The summed E-state index contributed by atoms with van der Waals surface area (Å²) in [5.74, 6) is 1.73. The molecular formula is C15H30N2O. The lowest BCUT2D eigenvalue weighted by atomic mass is 9.94. The van der Waals surface area contributed by atoms with Gasteiger partial charge in [0.1, 0.15) is 0 Å². The van der Waals surface area contributed by atoms with Crippen molar-refractivity contribution in [1.29, 1.82) is 0 Å². The molecule has 0 aromatic heterocycles. The molecule has 0 bridgehead atoms. The minimum atomic E-state index is 0.364. The van der Waals surface area contributed by atoms with Gasteiger partial charge in [0.15, 0.2) is 0 Å². The normalized spacial score (nSPS) is 21.9. The van der Waals surface area contributed by atoms with E-state index in [-0.39, 0.29) is 0 Å². The third kappa shape index (κ3) is 4.97. The van der Waals surface area contributed by atoms with Crippen molar-refractivity contribution in [3.63, 3.8) is 0 Å². The molecule has 1 saturated heterocycles. The number of nitrogens with zero attached hydrogens (tertiary/aromatic N) is 1. The highest BCUT2D eigenvalue weighted by molar-refractivity contribution is 5.76. The molecule has 1 amide bonds. The molecule has 1 aliphatic rings. The Morgan fingerprint density at radius 2 is 2.17 bits per heavy atom. The molecule has 106 valence electrons. The number of rotatable bonds is 7. The summed E-state index contributed by atoms with van der Waals surface area (Å²) in [6.07, 6.45) is 7.61. The van der Waals surface area contributed by atoms with Gasteiger partial charge < -0.3 is 10.6 Å². The minimum Gasteiger partial charge on any atom is -0.342 e. The Hall–Kier alpha value is -0.570. The second-order valence-corrected chi connectivity index (χ2v) is 5.65. The van der Waals surface area contributed by atoms with Crippen LogP contribution in [-0.4, -0.2) is 30.4 Å². The summed E-state index contributed by atoms with van der Waals surface area (Å²) in [6, 6.07) is 0. The molecule has 0 aromatic rings. The molecule has 3 heteroatoms. The second-order valence-electron chi connectivity index (χ2n) is 5.65. The third-order valence-corrected chi connectivity index (χ3v) is 4.37. The Morgan fingerprint density at radius 1 is 1.39 bits per heavy atom. The summed E-state index contributed by atoms with van der Waals surface area (Å²) < 4.78 is 0. The molecule has 3 nitrogen and oxygen atoms in total. The number of hydrogen-bond acceptors (Lipinski definition) is 2. The molecule has 0 aromatic carbocycles. The highest BCUT2D eigenvalue weighted by Gasteiger charge is 2.22. The molecule has 2 atom stereocenters. The first-order chi connectivity index (χ1) is 8.71. The van der Waals surface area contributed by atoms with E-state index in [9.17, 15) is 4.79 Å². The van der Waals surface area contributed by atoms with Gasteiger partial charge in [-0.2, -0.15) is 0 Å². The average Bonchev–Trinajstić information content (AvgIpc) is 2.43. The molecule has 0 aliphatic carbocycles. The number of nitrogens with two attached hydrogens (primary N) is 1. The van der Waals surface area contributed by atoms with Gasteiger partial charge in [0.05, 0.1) is 0 Å². The van der Waals surface area contributed by atoms with Crippen molar-refractivity contribution in [3.05, 3.63) is 0 Å². The van der Waals surface area contributed by atoms with Gasteiger partial charge in [0.2, 0.25) is 5.91 Å². The van der Waals surface area contributed by atoms with Crippen molar-refractivity contribution in [3.8, 4) is 0 Å². The van der Waals surface area contributed by atoms with E-state index in [2.05, 4.69) is 18.7 Å². The summed E-state index contributed by atoms with van der Waals surface area (Å²) in [4.78, 5) is 14.3. The monoisotopic (exact) mass is 254 g/mol. The van der Waals surface area contributed by atoms with Crippen molar-refractivity contribution < 1.29 is 4.79 Å². The first-order valence-electron chi connectivity index (χ1n) is 7.69. The fourth-order valence-corrected chi connectivity index (χ4v) is 2.90. The third-order valence-electron chi connectivity index (χ3n) is 4.37. The molecule has 1 heterocycles. The van der Waals surface area contributed by atoms with Gasteiger partial charge >= 0.3 is 0 Å². The maximum absolute atomic E-state index is 12.2. The van der Waals surface area contributed by atoms with Crippen LogP contribution in [0.4, 0.5) is 0 Å². The molecule has 1 aliphatic heterocycles. The molecule has 2 N–H and O–H groups in total. The maximum atomic E-state index is 12.2. The number of carbonyl (C=O) groups excluding carboxylic acids is 1. The van der Waals surface area contributed by atoms with E-state index in [1.54, 1.807) is 0 Å². The summed E-state index contributed by atoms with van der Waals surface area (Å²) in [6.45, 7) is 7.13. The number of likely N-dealkylation sites (tertiary alicyclic amines) is 1. The summed E-state index contributed by atoms with van der Waals surface area (Å²) in [7, 11) is 0. The minimum absolute atomic E-state index is 0.364. The summed E-state index contributed by atoms with van der Waals surface area (Å²) >= 11 is 0. The van der Waals surface area contributed by atoms with Crippen LogP contribution in [-0.2, 0) is 4.79 Å². The largest absolute Gasteiger partial charge is 0.342 e. The van der Waals surface area contributed by atoms with Gasteiger partial charge in [-0.3, -0.25) is 4.79 Å². The molecular weight excluding hydrogens is 224 g/mol. The lowest BCUT2D eigenvalue weighted by Gasteiger charge is -2.32. The highest BCUT2D eigenvalue weighted by atomic mass is 16.2. The average molecular weight is 254 g/mol. The number of carbonyl (C=O) groups is 1. The molecule has 18 heavy (non-hydrogen) atoms. The smallest absolute Gasteiger partial charge is 0.222 e. The number of hydrogen-bond donors (Lipinski definition) is 1. The van der Waals surface area contributed by atoms with Crippen LogP contribution in [0.3, 0.4) is 0 Å². The summed E-state index contributed by atoms with van der Waals surface area (Å²) in [5.41, 5.74) is 5.60. The van der Waals surface area contributed by atoms with E-state index in [0.29, 0.717) is 11.8 Å². The Kier molecular flexibility index (Phi) is 7.33. The molecule has 0 spiro atoms. The van der Waals surface area contributed by atoms with Gasteiger partial charge in [0.25, 0.3) is 0 Å². The maximum Gasteiger partial charge on any atom is 0.222 e. The van der Waals surface area contributed by atoms with Crippen molar-refractivity contribution in [2.75, 3.05) is 19.6 Å².